The van der Waals surface area contributed by atoms with Gasteiger partial charge in [-0.3, -0.25) is 14.4 Å². The molecule has 0 amide bonds. The zero-order valence-electron chi connectivity index (χ0n) is 24.2. The molecule has 0 aromatic rings. The highest BCUT2D eigenvalue weighted by Gasteiger charge is 2.62. The minimum atomic E-state index is -0.847. The molecule has 4 aliphatic rings. The van der Waals surface area contributed by atoms with Gasteiger partial charge in [-0.25, -0.2) is 0 Å². The van der Waals surface area contributed by atoms with Crippen molar-refractivity contribution in [2.24, 2.45) is 40.4 Å². The van der Waals surface area contributed by atoms with Crippen molar-refractivity contribution in [1.82, 2.24) is 0 Å². The van der Waals surface area contributed by atoms with Crippen LogP contribution < -0.4 is 0 Å². The van der Waals surface area contributed by atoms with Gasteiger partial charge in [-0.15, -0.1) is 0 Å². The van der Waals surface area contributed by atoms with Crippen molar-refractivity contribution in [2.75, 3.05) is 0 Å². The third kappa shape index (κ3) is 5.83. The van der Waals surface area contributed by atoms with E-state index in [0.717, 1.165) is 89.9 Å². The molecule has 0 aliphatic heterocycles. The summed E-state index contributed by atoms with van der Waals surface area (Å²) in [7, 11) is 0. The predicted octanol–water partition coefficient (Wildman–Crippen LogP) is 7.30. The van der Waals surface area contributed by atoms with E-state index in [0.29, 0.717) is 42.3 Å². The Hall–Kier alpha value is -1.49. The molecule has 0 saturated heterocycles. The molecule has 214 valence electrons. The fourth-order valence-corrected chi connectivity index (χ4v) is 9.54. The van der Waals surface area contributed by atoms with Crippen molar-refractivity contribution in [3.8, 4) is 0 Å². The summed E-state index contributed by atoms with van der Waals surface area (Å²) in [6.07, 6.45) is 17.0. The van der Waals surface area contributed by atoms with E-state index in [1.54, 1.807) is 0 Å². The number of rotatable bonds is 13. The second-order valence-electron chi connectivity index (χ2n) is 13.7. The average molecular weight is 529 g/mol. The third-order valence-corrected chi connectivity index (χ3v) is 11.7. The van der Waals surface area contributed by atoms with Crippen LogP contribution >= 0.6 is 0 Å². The van der Waals surface area contributed by atoms with Gasteiger partial charge in [0.15, 0.2) is 11.6 Å². The number of aliphatic hydroxyl groups excluding tert-OH is 1. The standard InChI is InChI=1S/C33H52O5/c1-4-22-20-27-25-15-14-23-21-24(34)16-18-32(23,2)26(25)17-19-33(27,3)30(22)31(38)28(35)12-10-8-6-5-7-9-11-13-29(36)37/h21-22,25-28,30,35H,4-20H2,1-3H3,(H,36,37)/t22-,25-,26+,27+,28?,30-,32+,33+/m1/s1. The number of allylic oxidation sites excluding steroid dienone is 1. The number of aliphatic hydroxyl groups is 1. The van der Waals surface area contributed by atoms with E-state index in [-0.39, 0.29) is 29.0 Å². The smallest absolute Gasteiger partial charge is 0.303 e. The van der Waals surface area contributed by atoms with Crippen LogP contribution in [0.15, 0.2) is 11.6 Å². The molecule has 0 radical (unpaired) electrons. The van der Waals surface area contributed by atoms with E-state index in [4.69, 9.17) is 5.11 Å². The number of Topliss-reactive ketones (excluding diaryl/α,β-unsaturated/α-hetero) is 1. The van der Waals surface area contributed by atoms with Crippen LogP contribution in [0, 0.1) is 40.4 Å². The first-order chi connectivity index (χ1) is 18.1. The largest absolute Gasteiger partial charge is 0.481 e. The van der Waals surface area contributed by atoms with Crippen molar-refractivity contribution in [3.05, 3.63) is 11.6 Å². The first-order valence-electron chi connectivity index (χ1n) is 15.8. The Labute approximate surface area is 230 Å². The number of carbonyl (C=O) groups excluding carboxylic acids is 2. The number of hydrogen-bond donors (Lipinski definition) is 2. The second kappa shape index (κ2) is 12.4. The lowest BCUT2D eigenvalue weighted by molar-refractivity contribution is -0.140. The van der Waals surface area contributed by atoms with Crippen molar-refractivity contribution in [3.63, 3.8) is 0 Å². The lowest BCUT2D eigenvalue weighted by Gasteiger charge is -2.58. The molecule has 0 bridgehead atoms. The van der Waals surface area contributed by atoms with Crippen LogP contribution in [0.2, 0.25) is 0 Å². The molecule has 3 saturated carbocycles. The number of carboxylic acid groups (broad SMARTS) is 1. The van der Waals surface area contributed by atoms with Gasteiger partial charge in [-0.1, -0.05) is 71.3 Å². The number of ketones is 2. The predicted molar refractivity (Wildman–Crippen MR) is 150 cm³/mol. The first-order valence-corrected chi connectivity index (χ1v) is 15.8. The summed E-state index contributed by atoms with van der Waals surface area (Å²) in [6, 6.07) is 0. The molecule has 4 rings (SSSR count). The molecule has 5 nitrogen and oxygen atoms in total. The van der Waals surface area contributed by atoms with E-state index in [1.807, 2.05) is 6.08 Å². The van der Waals surface area contributed by atoms with Crippen LogP contribution in [0.3, 0.4) is 0 Å². The van der Waals surface area contributed by atoms with Crippen LogP contribution in [0.5, 0.6) is 0 Å². The van der Waals surface area contributed by atoms with E-state index in [1.165, 1.54) is 5.57 Å². The van der Waals surface area contributed by atoms with Crippen LogP contribution in [-0.2, 0) is 14.4 Å². The maximum Gasteiger partial charge on any atom is 0.303 e. The van der Waals surface area contributed by atoms with E-state index < -0.39 is 12.1 Å². The molecule has 38 heavy (non-hydrogen) atoms. The number of carbonyl (C=O) groups is 3. The van der Waals surface area contributed by atoms with Gasteiger partial charge in [0.05, 0.1) is 0 Å². The molecule has 4 aliphatic carbocycles. The van der Waals surface area contributed by atoms with Gasteiger partial charge in [0, 0.05) is 18.8 Å². The molecule has 5 heteroatoms. The fourth-order valence-electron chi connectivity index (χ4n) is 9.54. The van der Waals surface area contributed by atoms with Gasteiger partial charge in [-0.05, 0) is 91.9 Å². The summed E-state index contributed by atoms with van der Waals surface area (Å²) in [4.78, 5) is 36.6. The molecule has 0 spiro atoms. The fraction of sp³-hybridized carbons (Fsp3) is 0.848. The summed E-state index contributed by atoms with van der Waals surface area (Å²) in [5.41, 5.74) is 1.53. The molecule has 2 N–H and O–H groups in total. The second-order valence-corrected chi connectivity index (χ2v) is 13.7. The van der Waals surface area contributed by atoms with Crippen molar-refractivity contribution in [2.45, 2.75) is 136 Å². The molecule has 0 aromatic carbocycles. The van der Waals surface area contributed by atoms with Gasteiger partial charge in [-0.2, -0.15) is 0 Å². The van der Waals surface area contributed by atoms with Crippen molar-refractivity contribution in [1.29, 1.82) is 0 Å². The monoisotopic (exact) mass is 528 g/mol. The number of fused-ring (bicyclic) bond motifs is 5. The van der Waals surface area contributed by atoms with Gasteiger partial charge in [0.2, 0.25) is 0 Å². The minimum Gasteiger partial charge on any atom is -0.481 e. The molecule has 0 heterocycles. The Kier molecular flexibility index (Phi) is 9.59. The van der Waals surface area contributed by atoms with Crippen molar-refractivity contribution < 1.29 is 24.6 Å². The van der Waals surface area contributed by atoms with Crippen LogP contribution in [0.1, 0.15) is 130 Å². The highest BCUT2D eigenvalue weighted by atomic mass is 16.4. The van der Waals surface area contributed by atoms with E-state index >= 15 is 0 Å². The number of carboxylic acids is 1. The topological polar surface area (TPSA) is 91.7 Å². The Bertz CT molecular complexity index is 907. The Morgan fingerprint density at radius 3 is 2.34 bits per heavy atom. The summed E-state index contributed by atoms with van der Waals surface area (Å²) in [6.45, 7) is 7.02. The maximum atomic E-state index is 13.8. The first kappa shape index (κ1) is 29.5. The average Bonchev–Trinajstić information content (AvgIpc) is 3.19. The molecule has 3 fully saturated rings. The quantitative estimate of drug-likeness (QED) is 0.245. The summed E-state index contributed by atoms with van der Waals surface area (Å²) in [5, 5.41) is 19.8. The lowest BCUT2D eigenvalue weighted by atomic mass is 9.46. The molecular weight excluding hydrogens is 476 g/mol. The number of hydrogen-bond acceptors (Lipinski definition) is 4. The zero-order chi connectivity index (χ0) is 27.5. The Morgan fingerprint density at radius 1 is 0.974 bits per heavy atom. The molecular formula is C33H52O5. The number of unbranched alkanes of at least 4 members (excludes halogenated alkanes) is 6. The SMILES string of the molecule is CC[C@@H]1C[C@H]2[C@@H]3CCC4=CC(=O)CC[C@]4(C)[C@H]3CC[C@]2(C)[C@H]1C(=O)C(O)CCCCCCCCCC(=O)O. The molecule has 8 atom stereocenters. The normalized spacial score (nSPS) is 37.1. The summed E-state index contributed by atoms with van der Waals surface area (Å²) < 4.78 is 0. The van der Waals surface area contributed by atoms with E-state index in [9.17, 15) is 19.5 Å². The summed E-state index contributed by atoms with van der Waals surface area (Å²) >= 11 is 0. The van der Waals surface area contributed by atoms with Gasteiger partial charge in [0.25, 0.3) is 0 Å². The third-order valence-electron chi connectivity index (χ3n) is 11.7. The van der Waals surface area contributed by atoms with Crippen LogP contribution in [-0.4, -0.2) is 33.9 Å². The van der Waals surface area contributed by atoms with Crippen molar-refractivity contribution >= 4 is 17.5 Å². The van der Waals surface area contributed by atoms with Crippen LogP contribution in [0.25, 0.3) is 0 Å². The molecule has 1 unspecified atom stereocenters. The zero-order valence-corrected chi connectivity index (χ0v) is 24.2. The lowest BCUT2D eigenvalue weighted by Crippen LogP contribution is -2.52. The summed E-state index contributed by atoms with van der Waals surface area (Å²) in [5.74, 6) is 1.83. The maximum absolute atomic E-state index is 13.8. The Balaban J connectivity index is 1.33. The highest BCUT2D eigenvalue weighted by molar-refractivity contribution is 5.91. The minimum absolute atomic E-state index is 0.0159. The Morgan fingerprint density at radius 2 is 1.66 bits per heavy atom. The van der Waals surface area contributed by atoms with Gasteiger partial charge < -0.3 is 10.2 Å². The molecule has 0 aromatic heterocycles. The van der Waals surface area contributed by atoms with E-state index in [2.05, 4.69) is 20.8 Å². The van der Waals surface area contributed by atoms with Gasteiger partial charge >= 0.3 is 5.97 Å². The van der Waals surface area contributed by atoms with Crippen LogP contribution in [0.4, 0.5) is 0 Å². The van der Waals surface area contributed by atoms with Gasteiger partial charge in [0.1, 0.15) is 6.10 Å². The number of aliphatic carboxylic acids is 1. The highest BCUT2D eigenvalue weighted by Crippen LogP contribution is 2.68.